The summed E-state index contributed by atoms with van der Waals surface area (Å²) >= 11 is 0. The van der Waals surface area contributed by atoms with E-state index in [0.717, 1.165) is 25.8 Å². The van der Waals surface area contributed by atoms with Crippen molar-refractivity contribution in [2.75, 3.05) is 6.54 Å². The Labute approximate surface area is 145 Å². The van der Waals surface area contributed by atoms with Gasteiger partial charge in [-0.05, 0) is 45.6 Å². The van der Waals surface area contributed by atoms with E-state index in [2.05, 4.69) is 18.5 Å². The molecule has 1 fully saturated rings. The second kappa shape index (κ2) is 37.3. The van der Waals surface area contributed by atoms with E-state index < -0.39 is 0 Å². The number of hydrogen-bond donors (Lipinski definition) is 3. The predicted octanol–water partition coefficient (Wildman–Crippen LogP) is 5.04. The summed E-state index contributed by atoms with van der Waals surface area (Å²) in [5.41, 5.74) is 0. The first-order valence-electron chi connectivity index (χ1n) is 8.33. The van der Waals surface area contributed by atoms with E-state index in [1.165, 1.54) is 12.8 Å². The van der Waals surface area contributed by atoms with Gasteiger partial charge in [0, 0.05) is 6.04 Å². The van der Waals surface area contributed by atoms with Crippen LogP contribution in [-0.4, -0.2) is 35.4 Å². The lowest BCUT2D eigenvalue weighted by Crippen LogP contribution is -2.26. The van der Waals surface area contributed by atoms with E-state index in [4.69, 9.17) is 9.90 Å². The number of carbonyl (C=O) groups is 1. The van der Waals surface area contributed by atoms with E-state index in [-0.39, 0.29) is 20.0 Å². The second-order valence-corrected chi connectivity index (χ2v) is 4.06. The Bertz CT molecular complexity index is 197. The molecular formula is C19H43NO3. The third-order valence-electron chi connectivity index (χ3n) is 2.42. The summed E-state index contributed by atoms with van der Waals surface area (Å²) in [4.78, 5) is 8.36. The zero-order valence-corrected chi connectivity index (χ0v) is 15.3. The van der Waals surface area contributed by atoms with Gasteiger partial charge in [0.25, 0.3) is 6.47 Å². The smallest absolute Gasteiger partial charge is 0.290 e. The number of carboxylic acid groups (broad SMARTS) is 1. The molecule has 1 aliphatic rings. The third-order valence-corrected chi connectivity index (χ3v) is 2.42. The lowest BCUT2D eigenvalue weighted by molar-refractivity contribution is -0.122. The summed E-state index contributed by atoms with van der Waals surface area (Å²) in [5, 5.41) is 19.8. The van der Waals surface area contributed by atoms with Crippen LogP contribution in [0.5, 0.6) is 0 Å². The molecule has 0 radical (unpaired) electrons. The Morgan fingerprint density at radius 1 is 1.26 bits per heavy atom. The van der Waals surface area contributed by atoms with Gasteiger partial charge in [0.05, 0.1) is 6.10 Å². The minimum Gasteiger partial charge on any atom is -0.483 e. The van der Waals surface area contributed by atoms with Crippen LogP contribution in [0.15, 0.2) is 25.3 Å². The minimum absolute atomic E-state index is 0. The normalized spacial score (nSPS) is 15.0. The molecule has 1 saturated heterocycles. The van der Waals surface area contributed by atoms with Crippen LogP contribution in [-0.2, 0) is 4.79 Å². The predicted molar refractivity (Wildman–Crippen MR) is 105 cm³/mol. The first kappa shape index (κ1) is 33.5. The molecule has 2 atom stereocenters. The molecule has 4 heteroatoms. The fourth-order valence-electron chi connectivity index (χ4n) is 1.71. The van der Waals surface area contributed by atoms with Gasteiger partial charge in [0.2, 0.25) is 0 Å². The molecule has 0 aliphatic carbocycles. The highest BCUT2D eigenvalue weighted by atomic mass is 16.3. The molecule has 4 nitrogen and oxygen atoms in total. The van der Waals surface area contributed by atoms with Gasteiger partial charge >= 0.3 is 0 Å². The molecule has 0 bridgehead atoms. The fourth-order valence-corrected chi connectivity index (χ4v) is 1.71. The van der Waals surface area contributed by atoms with E-state index in [0.29, 0.717) is 6.04 Å². The van der Waals surface area contributed by atoms with Gasteiger partial charge in [-0.25, -0.2) is 0 Å². The summed E-state index contributed by atoms with van der Waals surface area (Å²) < 4.78 is 0. The molecule has 0 aromatic heterocycles. The summed E-state index contributed by atoms with van der Waals surface area (Å²) in [6.07, 6.45) is 8.66. The lowest BCUT2D eigenvalue weighted by Gasteiger charge is -2.14. The Morgan fingerprint density at radius 2 is 1.70 bits per heavy atom. The van der Waals surface area contributed by atoms with Crippen molar-refractivity contribution < 1.29 is 15.0 Å². The van der Waals surface area contributed by atoms with Crippen molar-refractivity contribution in [2.45, 2.75) is 86.3 Å². The molecule has 0 saturated carbocycles. The summed E-state index contributed by atoms with van der Waals surface area (Å²) in [5.74, 6) is 0. The Morgan fingerprint density at radius 3 is 2.00 bits per heavy atom. The summed E-state index contributed by atoms with van der Waals surface area (Å²) in [7, 11) is 0. The zero-order valence-electron chi connectivity index (χ0n) is 15.3. The average Bonchev–Trinajstić information content (AvgIpc) is 3.04. The molecule has 142 valence electrons. The maximum atomic E-state index is 9.55. The Balaban J connectivity index is -0.0000000832. The molecule has 3 N–H and O–H groups in total. The number of aliphatic hydroxyl groups is 1. The quantitative estimate of drug-likeness (QED) is 0.487. The first-order valence-corrected chi connectivity index (χ1v) is 8.33. The third kappa shape index (κ3) is 38.6. The maximum Gasteiger partial charge on any atom is 0.290 e. The van der Waals surface area contributed by atoms with E-state index in [9.17, 15) is 5.11 Å². The Hall–Kier alpha value is -1.13. The molecule has 0 aromatic carbocycles. The number of hydrogen-bond acceptors (Lipinski definition) is 3. The molecular weight excluding hydrogens is 290 g/mol. The van der Waals surface area contributed by atoms with Gasteiger partial charge in [0.1, 0.15) is 0 Å². The number of rotatable bonds is 5. The van der Waals surface area contributed by atoms with Crippen molar-refractivity contribution in [2.24, 2.45) is 0 Å². The van der Waals surface area contributed by atoms with Gasteiger partial charge in [-0.15, -0.1) is 13.2 Å². The van der Waals surface area contributed by atoms with Crippen LogP contribution in [0.25, 0.3) is 0 Å². The fraction of sp³-hybridized carbons (Fsp3) is 0.737. The molecule has 0 spiro atoms. The average molecular weight is 334 g/mol. The SMILES string of the molecule is C.C=CC.C=CCCC(O)CC1CCCN1.CC.CC.O=CO. The van der Waals surface area contributed by atoms with Gasteiger partial charge < -0.3 is 15.5 Å². The highest BCUT2D eigenvalue weighted by Gasteiger charge is 2.17. The van der Waals surface area contributed by atoms with Gasteiger partial charge in [-0.3, -0.25) is 4.79 Å². The van der Waals surface area contributed by atoms with Crippen molar-refractivity contribution in [3.63, 3.8) is 0 Å². The number of nitrogens with one attached hydrogen (secondary N) is 1. The van der Waals surface area contributed by atoms with Gasteiger partial charge in [-0.1, -0.05) is 47.3 Å². The van der Waals surface area contributed by atoms with E-state index in [1.807, 2.05) is 40.7 Å². The molecule has 1 rings (SSSR count). The van der Waals surface area contributed by atoms with Crippen molar-refractivity contribution in [1.82, 2.24) is 5.32 Å². The number of aliphatic hydroxyl groups excluding tert-OH is 1. The first-order chi connectivity index (χ1) is 10.7. The van der Waals surface area contributed by atoms with Crippen LogP contribution >= 0.6 is 0 Å². The largest absolute Gasteiger partial charge is 0.483 e. The minimum atomic E-state index is -0.250. The maximum absolute atomic E-state index is 9.55. The van der Waals surface area contributed by atoms with Crippen molar-refractivity contribution in [3.05, 3.63) is 25.3 Å². The van der Waals surface area contributed by atoms with E-state index >= 15 is 0 Å². The van der Waals surface area contributed by atoms with Crippen LogP contribution in [0, 0.1) is 0 Å². The van der Waals surface area contributed by atoms with Crippen LogP contribution in [0.3, 0.4) is 0 Å². The summed E-state index contributed by atoms with van der Waals surface area (Å²) in [6, 6.07) is 0.560. The molecule has 1 aliphatic heterocycles. The second-order valence-electron chi connectivity index (χ2n) is 4.06. The van der Waals surface area contributed by atoms with Crippen LogP contribution in [0.4, 0.5) is 0 Å². The Kier molecular flexibility index (Phi) is 54.2. The highest BCUT2D eigenvalue weighted by molar-refractivity contribution is 5.32. The van der Waals surface area contributed by atoms with Crippen molar-refractivity contribution >= 4 is 6.47 Å². The zero-order chi connectivity index (χ0) is 18.2. The molecule has 0 aromatic rings. The van der Waals surface area contributed by atoms with Crippen molar-refractivity contribution in [3.8, 4) is 0 Å². The molecule has 1 heterocycles. The number of allylic oxidation sites excluding steroid dienone is 2. The monoisotopic (exact) mass is 333 g/mol. The topological polar surface area (TPSA) is 69.6 Å². The van der Waals surface area contributed by atoms with Crippen LogP contribution < -0.4 is 5.32 Å². The van der Waals surface area contributed by atoms with Gasteiger partial charge in [-0.2, -0.15) is 0 Å². The highest BCUT2D eigenvalue weighted by Crippen LogP contribution is 2.13. The lowest BCUT2D eigenvalue weighted by atomic mass is 10.0. The van der Waals surface area contributed by atoms with Crippen LogP contribution in [0.2, 0.25) is 0 Å². The van der Waals surface area contributed by atoms with Gasteiger partial charge in [0.15, 0.2) is 0 Å². The summed E-state index contributed by atoms with van der Waals surface area (Å²) in [6.45, 7) is 17.8. The molecule has 2 unspecified atom stereocenters. The van der Waals surface area contributed by atoms with Crippen LogP contribution in [0.1, 0.15) is 74.1 Å². The molecule has 0 amide bonds. The standard InChI is InChI=1S/C10H19NO.C3H6.2C2H6.CH2O2.CH4/c1-2-3-6-10(12)8-9-5-4-7-11-9;1-3-2;2*1-2;2-1-3;/h2,9-12H,1,3-8H2;3H,1H2,2H3;2*1-2H3;1H,(H,2,3);1H4. The van der Waals surface area contributed by atoms with E-state index in [1.54, 1.807) is 6.08 Å². The molecule has 23 heavy (non-hydrogen) atoms. The van der Waals surface area contributed by atoms with Crippen molar-refractivity contribution in [1.29, 1.82) is 0 Å².